The summed E-state index contributed by atoms with van der Waals surface area (Å²) in [5.41, 5.74) is 1.50. The van der Waals surface area contributed by atoms with Gasteiger partial charge in [-0.05, 0) is 50.2 Å². The fourth-order valence-corrected chi connectivity index (χ4v) is 2.81. The second-order valence-corrected chi connectivity index (χ2v) is 6.62. The SMILES string of the molecule is Cc1noc(-c2ccc(C(=O)OC(C)C(=O)Nc3ccc4c(c3)OCCO4)cc2)n1. The molecule has 1 aliphatic heterocycles. The summed E-state index contributed by atoms with van der Waals surface area (Å²) in [7, 11) is 0. The number of carbonyl (C=O) groups is 2. The summed E-state index contributed by atoms with van der Waals surface area (Å²) in [4.78, 5) is 28.9. The molecule has 9 nitrogen and oxygen atoms in total. The molecule has 1 atom stereocenters. The van der Waals surface area contributed by atoms with Gasteiger partial charge in [-0.3, -0.25) is 4.79 Å². The molecule has 4 rings (SSSR count). The molecule has 2 aromatic carbocycles. The van der Waals surface area contributed by atoms with E-state index in [1.807, 2.05) is 0 Å². The van der Waals surface area contributed by atoms with Gasteiger partial charge in [0.2, 0.25) is 0 Å². The van der Waals surface area contributed by atoms with Crippen LogP contribution in [-0.4, -0.2) is 41.3 Å². The van der Waals surface area contributed by atoms with Crippen molar-refractivity contribution in [2.45, 2.75) is 20.0 Å². The van der Waals surface area contributed by atoms with Crippen LogP contribution in [0.5, 0.6) is 11.5 Å². The van der Waals surface area contributed by atoms with E-state index in [2.05, 4.69) is 15.5 Å². The molecule has 2 heterocycles. The van der Waals surface area contributed by atoms with E-state index in [0.29, 0.717) is 53.2 Å². The smallest absolute Gasteiger partial charge is 0.338 e. The average molecular weight is 409 g/mol. The maximum Gasteiger partial charge on any atom is 0.338 e. The number of nitrogens with one attached hydrogen (secondary N) is 1. The van der Waals surface area contributed by atoms with Crippen LogP contribution < -0.4 is 14.8 Å². The number of hydrogen-bond acceptors (Lipinski definition) is 8. The molecule has 30 heavy (non-hydrogen) atoms. The van der Waals surface area contributed by atoms with Crippen LogP contribution in [0.1, 0.15) is 23.1 Å². The van der Waals surface area contributed by atoms with Crippen LogP contribution in [-0.2, 0) is 9.53 Å². The molecule has 0 spiro atoms. The molecule has 154 valence electrons. The van der Waals surface area contributed by atoms with Gasteiger partial charge in [-0.1, -0.05) is 5.16 Å². The van der Waals surface area contributed by atoms with Crippen LogP contribution in [0.2, 0.25) is 0 Å². The zero-order chi connectivity index (χ0) is 21.1. The summed E-state index contributed by atoms with van der Waals surface area (Å²) >= 11 is 0. The van der Waals surface area contributed by atoms with Crippen LogP contribution in [0, 0.1) is 6.92 Å². The number of ether oxygens (including phenoxy) is 3. The predicted molar refractivity (Wildman–Crippen MR) is 105 cm³/mol. The molecule has 0 saturated heterocycles. The molecule has 1 amide bonds. The van der Waals surface area contributed by atoms with E-state index < -0.39 is 18.0 Å². The molecule has 1 aliphatic rings. The van der Waals surface area contributed by atoms with Crippen molar-refractivity contribution in [3.05, 3.63) is 53.9 Å². The highest BCUT2D eigenvalue weighted by Gasteiger charge is 2.20. The number of benzene rings is 2. The summed E-state index contributed by atoms with van der Waals surface area (Å²) in [6.07, 6.45) is -0.996. The second kappa shape index (κ2) is 8.24. The Morgan fingerprint density at radius 1 is 1.07 bits per heavy atom. The van der Waals surface area contributed by atoms with Gasteiger partial charge in [0, 0.05) is 17.3 Å². The largest absolute Gasteiger partial charge is 0.486 e. The van der Waals surface area contributed by atoms with E-state index in [9.17, 15) is 9.59 Å². The molecule has 1 aromatic heterocycles. The maximum absolute atomic E-state index is 12.4. The number of hydrogen-bond donors (Lipinski definition) is 1. The molecule has 9 heteroatoms. The van der Waals surface area contributed by atoms with E-state index in [-0.39, 0.29) is 0 Å². The average Bonchev–Trinajstić information content (AvgIpc) is 3.20. The van der Waals surface area contributed by atoms with Gasteiger partial charge >= 0.3 is 5.97 Å². The third kappa shape index (κ3) is 4.24. The van der Waals surface area contributed by atoms with Crippen LogP contribution in [0.25, 0.3) is 11.5 Å². The molecule has 0 bridgehead atoms. The number of carbonyl (C=O) groups excluding carboxylic acids is 2. The maximum atomic E-state index is 12.4. The molecule has 0 fully saturated rings. The first-order valence-electron chi connectivity index (χ1n) is 9.32. The van der Waals surface area contributed by atoms with Crippen LogP contribution in [0.3, 0.4) is 0 Å². The van der Waals surface area contributed by atoms with Gasteiger partial charge in [0.15, 0.2) is 23.4 Å². The summed E-state index contributed by atoms with van der Waals surface area (Å²) < 4.78 is 21.3. The van der Waals surface area contributed by atoms with Crippen molar-refractivity contribution < 1.29 is 28.3 Å². The Morgan fingerprint density at radius 3 is 2.50 bits per heavy atom. The number of nitrogens with zero attached hydrogens (tertiary/aromatic N) is 2. The summed E-state index contributed by atoms with van der Waals surface area (Å²) in [5, 5.41) is 6.43. The Balaban J connectivity index is 1.36. The lowest BCUT2D eigenvalue weighted by molar-refractivity contribution is -0.123. The lowest BCUT2D eigenvalue weighted by atomic mass is 10.1. The Labute approximate surface area is 171 Å². The number of aryl methyl sites for hydroxylation is 1. The van der Waals surface area contributed by atoms with Crippen LogP contribution >= 0.6 is 0 Å². The molecule has 1 unspecified atom stereocenters. The van der Waals surface area contributed by atoms with Crippen molar-refractivity contribution in [2.24, 2.45) is 0 Å². The highest BCUT2D eigenvalue weighted by Crippen LogP contribution is 2.32. The quantitative estimate of drug-likeness (QED) is 0.640. The first-order chi connectivity index (χ1) is 14.5. The number of aromatic nitrogens is 2. The van der Waals surface area contributed by atoms with Gasteiger partial charge in [0.05, 0.1) is 5.56 Å². The van der Waals surface area contributed by atoms with Gasteiger partial charge in [0.25, 0.3) is 11.8 Å². The number of anilines is 1. The lowest BCUT2D eigenvalue weighted by Crippen LogP contribution is -2.30. The summed E-state index contributed by atoms with van der Waals surface area (Å²) in [5.74, 6) is 0.982. The fraction of sp³-hybridized carbons (Fsp3) is 0.238. The third-order valence-electron chi connectivity index (χ3n) is 4.36. The topological polar surface area (TPSA) is 113 Å². The normalized spacial score (nSPS) is 13.4. The molecule has 1 N–H and O–H groups in total. The van der Waals surface area contributed by atoms with Gasteiger partial charge in [-0.2, -0.15) is 4.98 Å². The summed E-state index contributed by atoms with van der Waals surface area (Å²) in [6.45, 7) is 4.15. The van der Waals surface area contributed by atoms with Crippen molar-refractivity contribution in [3.8, 4) is 23.0 Å². The number of esters is 1. The lowest BCUT2D eigenvalue weighted by Gasteiger charge is -2.19. The molecular formula is C21H19N3O6. The minimum atomic E-state index is -0.996. The fourth-order valence-electron chi connectivity index (χ4n) is 2.81. The minimum Gasteiger partial charge on any atom is -0.486 e. The number of fused-ring (bicyclic) bond motifs is 1. The predicted octanol–water partition coefficient (Wildman–Crippen LogP) is 3.00. The van der Waals surface area contributed by atoms with Crippen molar-refractivity contribution in [1.29, 1.82) is 0 Å². The van der Waals surface area contributed by atoms with Crippen LogP contribution in [0.15, 0.2) is 47.0 Å². The Kier molecular flexibility index (Phi) is 5.34. The van der Waals surface area contributed by atoms with E-state index in [0.717, 1.165) is 0 Å². The standard InChI is InChI=1S/C21H19N3O6/c1-12(19(25)23-16-7-8-17-18(11-16)28-10-9-27-17)29-21(26)15-5-3-14(4-6-15)20-22-13(2)24-30-20/h3-8,11-12H,9-10H2,1-2H3,(H,23,25). The Morgan fingerprint density at radius 2 is 1.80 bits per heavy atom. The van der Waals surface area contributed by atoms with Crippen molar-refractivity contribution >= 4 is 17.6 Å². The van der Waals surface area contributed by atoms with Crippen molar-refractivity contribution in [3.63, 3.8) is 0 Å². The molecule has 0 aliphatic carbocycles. The molecular weight excluding hydrogens is 390 g/mol. The second-order valence-electron chi connectivity index (χ2n) is 6.62. The first-order valence-corrected chi connectivity index (χ1v) is 9.32. The molecule has 3 aromatic rings. The Hall–Kier alpha value is -3.88. The third-order valence-corrected chi connectivity index (χ3v) is 4.36. The van der Waals surface area contributed by atoms with E-state index >= 15 is 0 Å². The van der Waals surface area contributed by atoms with E-state index in [1.165, 1.54) is 6.92 Å². The van der Waals surface area contributed by atoms with Crippen LogP contribution in [0.4, 0.5) is 5.69 Å². The summed E-state index contributed by atoms with van der Waals surface area (Å²) in [6, 6.07) is 11.6. The monoisotopic (exact) mass is 409 g/mol. The van der Waals surface area contributed by atoms with E-state index in [1.54, 1.807) is 49.4 Å². The van der Waals surface area contributed by atoms with Gasteiger partial charge < -0.3 is 24.1 Å². The molecule has 0 saturated carbocycles. The first kappa shape index (κ1) is 19.4. The molecule has 0 radical (unpaired) electrons. The van der Waals surface area contributed by atoms with Crippen molar-refractivity contribution in [2.75, 3.05) is 18.5 Å². The highest BCUT2D eigenvalue weighted by atomic mass is 16.6. The minimum absolute atomic E-state index is 0.300. The van der Waals surface area contributed by atoms with E-state index in [4.69, 9.17) is 18.7 Å². The van der Waals surface area contributed by atoms with Gasteiger partial charge in [-0.15, -0.1) is 0 Å². The number of rotatable bonds is 5. The van der Waals surface area contributed by atoms with Gasteiger partial charge in [0.1, 0.15) is 13.2 Å². The Bertz CT molecular complexity index is 1080. The highest BCUT2D eigenvalue weighted by molar-refractivity contribution is 5.97. The zero-order valence-electron chi connectivity index (χ0n) is 16.4. The van der Waals surface area contributed by atoms with Crippen molar-refractivity contribution in [1.82, 2.24) is 10.1 Å². The van der Waals surface area contributed by atoms with Gasteiger partial charge in [-0.25, -0.2) is 4.79 Å². The number of amides is 1. The zero-order valence-corrected chi connectivity index (χ0v) is 16.4.